The highest BCUT2D eigenvalue weighted by Gasteiger charge is 2.44. The lowest BCUT2D eigenvalue weighted by atomic mass is 9.77. The Balaban J connectivity index is 2.15. The van der Waals surface area contributed by atoms with Crippen molar-refractivity contribution in [2.75, 3.05) is 5.73 Å². The first kappa shape index (κ1) is 18.0. The van der Waals surface area contributed by atoms with Crippen molar-refractivity contribution in [3.63, 3.8) is 0 Å². The highest BCUT2D eigenvalue weighted by Crippen LogP contribution is 2.46. The SMILES string of the molecule is CCn1cc([C@]2(c3cccc(N)c3)N=C(N)c3c(F)cccc32)cc(C)c1=O. The van der Waals surface area contributed by atoms with Gasteiger partial charge in [0.2, 0.25) is 0 Å². The summed E-state index contributed by atoms with van der Waals surface area (Å²) in [6.45, 7) is 4.17. The molecule has 0 amide bonds. The van der Waals surface area contributed by atoms with Crippen molar-refractivity contribution >= 4 is 11.5 Å². The third kappa shape index (κ3) is 2.45. The number of nitrogens with zero attached hydrogens (tertiary/aromatic N) is 2. The highest BCUT2D eigenvalue weighted by atomic mass is 19.1. The number of benzene rings is 2. The van der Waals surface area contributed by atoms with E-state index < -0.39 is 11.4 Å². The van der Waals surface area contributed by atoms with Crippen LogP contribution in [0.25, 0.3) is 0 Å². The normalized spacial score (nSPS) is 18.0. The van der Waals surface area contributed by atoms with Crippen LogP contribution >= 0.6 is 0 Å². The lowest BCUT2D eigenvalue weighted by Crippen LogP contribution is -2.30. The minimum absolute atomic E-state index is 0.0663. The third-order valence-corrected chi connectivity index (χ3v) is 5.28. The summed E-state index contributed by atoms with van der Waals surface area (Å²) in [4.78, 5) is 17.2. The molecule has 6 heteroatoms. The number of rotatable bonds is 3. The summed E-state index contributed by atoms with van der Waals surface area (Å²) < 4.78 is 16.3. The van der Waals surface area contributed by atoms with Gasteiger partial charge < -0.3 is 16.0 Å². The van der Waals surface area contributed by atoms with Gasteiger partial charge in [-0.15, -0.1) is 0 Å². The van der Waals surface area contributed by atoms with E-state index in [1.165, 1.54) is 6.07 Å². The van der Waals surface area contributed by atoms with Gasteiger partial charge >= 0.3 is 0 Å². The van der Waals surface area contributed by atoms with Gasteiger partial charge in [0.05, 0.1) is 5.56 Å². The van der Waals surface area contributed by atoms with E-state index in [0.717, 1.165) is 11.1 Å². The molecule has 0 saturated heterocycles. The number of aromatic nitrogens is 1. The van der Waals surface area contributed by atoms with Gasteiger partial charge in [0.1, 0.15) is 17.2 Å². The molecule has 3 aromatic rings. The molecule has 0 bridgehead atoms. The Morgan fingerprint density at radius 2 is 1.86 bits per heavy atom. The number of fused-ring (bicyclic) bond motifs is 1. The quantitative estimate of drug-likeness (QED) is 0.689. The van der Waals surface area contributed by atoms with Crippen molar-refractivity contribution in [3.8, 4) is 0 Å². The summed E-state index contributed by atoms with van der Waals surface area (Å²) in [6, 6.07) is 14.0. The van der Waals surface area contributed by atoms with Crippen LogP contribution in [0.15, 0.2) is 64.5 Å². The van der Waals surface area contributed by atoms with E-state index in [-0.39, 0.29) is 17.0 Å². The van der Waals surface area contributed by atoms with Crippen LogP contribution in [0.1, 0.15) is 34.7 Å². The number of hydrogen-bond donors (Lipinski definition) is 2. The van der Waals surface area contributed by atoms with Crippen molar-refractivity contribution in [2.45, 2.75) is 25.9 Å². The van der Waals surface area contributed by atoms with Crippen molar-refractivity contribution in [1.29, 1.82) is 0 Å². The third-order valence-electron chi connectivity index (χ3n) is 5.28. The number of nitrogens with two attached hydrogens (primary N) is 2. The first-order chi connectivity index (χ1) is 13.4. The number of anilines is 1. The van der Waals surface area contributed by atoms with Gasteiger partial charge in [-0.25, -0.2) is 9.38 Å². The Labute approximate surface area is 162 Å². The molecule has 1 atom stereocenters. The molecule has 0 aliphatic carbocycles. The van der Waals surface area contributed by atoms with E-state index in [4.69, 9.17) is 16.5 Å². The molecule has 4 rings (SSSR count). The molecule has 142 valence electrons. The van der Waals surface area contributed by atoms with Crippen LogP contribution < -0.4 is 17.0 Å². The van der Waals surface area contributed by atoms with E-state index in [1.54, 1.807) is 35.9 Å². The molecule has 0 saturated carbocycles. The van der Waals surface area contributed by atoms with Crippen LogP contribution in [0.2, 0.25) is 0 Å². The smallest absolute Gasteiger partial charge is 0.253 e. The first-order valence-electron chi connectivity index (χ1n) is 9.10. The van der Waals surface area contributed by atoms with Gasteiger partial charge in [-0.05, 0) is 43.7 Å². The number of nitrogen functional groups attached to an aromatic ring is 1. The summed E-state index contributed by atoms with van der Waals surface area (Å²) in [7, 11) is 0. The average Bonchev–Trinajstić information content (AvgIpc) is 2.98. The minimum atomic E-state index is -1.08. The molecule has 0 radical (unpaired) electrons. The van der Waals surface area contributed by atoms with Crippen LogP contribution in [-0.4, -0.2) is 10.4 Å². The van der Waals surface area contributed by atoms with E-state index in [2.05, 4.69) is 0 Å². The molecule has 2 aromatic carbocycles. The number of hydrogen-bond acceptors (Lipinski definition) is 4. The maximum absolute atomic E-state index is 14.6. The van der Waals surface area contributed by atoms with E-state index in [1.807, 2.05) is 31.2 Å². The standard InChI is InChI=1S/C22H21FN4O/c1-3-27-12-15(10-13(2)21(27)28)22(14-6-4-7-16(24)11-14)17-8-5-9-18(23)19(17)20(25)26-22/h4-12H,3,24H2,1-2H3,(H2,25,26)/t22-/m0/s1. The van der Waals surface area contributed by atoms with Gasteiger partial charge in [0.15, 0.2) is 0 Å². The summed E-state index contributed by atoms with van der Waals surface area (Å²) >= 11 is 0. The van der Waals surface area contributed by atoms with E-state index in [0.29, 0.717) is 23.4 Å². The maximum Gasteiger partial charge on any atom is 0.253 e. The molecule has 1 aliphatic rings. The van der Waals surface area contributed by atoms with Crippen molar-refractivity contribution < 1.29 is 4.39 Å². The molecule has 4 N–H and O–H groups in total. The summed E-state index contributed by atoms with van der Waals surface area (Å²) in [6.07, 6.45) is 1.77. The van der Waals surface area contributed by atoms with E-state index >= 15 is 0 Å². The number of halogens is 1. The number of aliphatic imine (C=N–C) groups is 1. The predicted octanol–water partition coefficient (Wildman–Crippen LogP) is 2.91. The zero-order valence-electron chi connectivity index (χ0n) is 15.7. The molecule has 5 nitrogen and oxygen atoms in total. The number of aryl methyl sites for hydroxylation is 2. The van der Waals surface area contributed by atoms with Gasteiger partial charge in [-0.1, -0.05) is 24.3 Å². The Hall–Kier alpha value is -3.41. The Kier molecular flexibility index (Phi) is 4.07. The monoisotopic (exact) mass is 376 g/mol. The fourth-order valence-electron chi connectivity index (χ4n) is 3.97. The van der Waals surface area contributed by atoms with Crippen LogP contribution in [-0.2, 0) is 12.1 Å². The second-order valence-corrected chi connectivity index (χ2v) is 7.00. The molecule has 2 heterocycles. The molecular weight excluding hydrogens is 355 g/mol. The largest absolute Gasteiger partial charge is 0.399 e. The fraction of sp³-hybridized carbons (Fsp3) is 0.182. The predicted molar refractivity (Wildman–Crippen MR) is 109 cm³/mol. The lowest BCUT2D eigenvalue weighted by molar-refractivity contribution is 0.610. The summed E-state index contributed by atoms with van der Waals surface area (Å²) in [5.41, 5.74) is 14.7. The van der Waals surface area contributed by atoms with Crippen molar-refractivity contribution in [2.24, 2.45) is 10.7 Å². The van der Waals surface area contributed by atoms with Gasteiger partial charge in [-0.2, -0.15) is 0 Å². The Morgan fingerprint density at radius 3 is 2.57 bits per heavy atom. The van der Waals surface area contributed by atoms with Crippen molar-refractivity contribution in [3.05, 3.63) is 98.7 Å². The minimum Gasteiger partial charge on any atom is -0.399 e. The van der Waals surface area contributed by atoms with Crippen LogP contribution in [0.5, 0.6) is 0 Å². The molecule has 0 spiro atoms. The fourth-order valence-corrected chi connectivity index (χ4v) is 3.97. The molecule has 0 unspecified atom stereocenters. The van der Waals surface area contributed by atoms with Crippen LogP contribution in [0.4, 0.5) is 10.1 Å². The van der Waals surface area contributed by atoms with Gasteiger partial charge in [-0.3, -0.25) is 4.79 Å². The molecule has 28 heavy (non-hydrogen) atoms. The summed E-state index contributed by atoms with van der Waals surface area (Å²) in [5.74, 6) is -0.299. The molecule has 1 aliphatic heterocycles. The Morgan fingerprint density at radius 1 is 1.11 bits per heavy atom. The number of pyridine rings is 1. The summed E-state index contributed by atoms with van der Waals surface area (Å²) in [5, 5.41) is 0. The maximum atomic E-state index is 14.6. The molecule has 0 fully saturated rings. The molecular formula is C22H21FN4O. The second kappa shape index (κ2) is 6.34. The topological polar surface area (TPSA) is 86.4 Å². The molecule has 1 aromatic heterocycles. The zero-order valence-corrected chi connectivity index (χ0v) is 15.7. The Bertz CT molecular complexity index is 1180. The van der Waals surface area contributed by atoms with Crippen molar-refractivity contribution in [1.82, 2.24) is 4.57 Å². The number of amidine groups is 1. The van der Waals surface area contributed by atoms with Crippen LogP contribution in [0.3, 0.4) is 0 Å². The average molecular weight is 376 g/mol. The second-order valence-electron chi connectivity index (χ2n) is 7.00. The van der Waals surface area contributed by atoms with Gasteiger partial charge in [0.25, 0.3) is 5.56 Å². The van der Waals surface area contributed by atoms with Gasteiger partial charge in [0, 0.05) is 35.1 Å². The van der Waals surface area contributed by atoms with E-state index in [9.17, 15) is 9.18 Å². The lowest BCUT2D eigenvalue weighted by Gasteiger charge is -2.30. The zero-order chi connectivity index (χ0) is 20.1. The highest BCUT2D eigenvalue weighted by molar-refractivity contribution is 6.03. The first-order valence-corrected chi connectivity index (χ1v) is 9.10. The van der Waals surface area contributed by atoms with Crippen LogP contribution in [0, 0.1) is 12.7 Å².